The van der Waals surface area contributed by atoms with Gasteiger partial charge in [-0.3, -0.25) is 0 Å². The van der Waals surface area contributed by atoms with Gasteiger partial charge in [-0.1, -0.05) is 29.8 Å². The maximum atomic E-state index is 11.7. The lowest BCUT2D eigenvalue weighted by Gasteiger charge is -2.19. The summed E-state index contributed by atoms with van der Waals surface area (Å²) < 4.78 is 11.2. The van der Waals surface area contributed by atoms with Crippen molar-refractivity contribution >= 4 is 6.09 Å². The molecule has 2 aromatic rings. The first-order chi connectivity index (χ1) is 13.8. The maximum absolute atomic E-state index is 11.7. The number of rotatable bonds is 8. The number of carbonyl (C=O) groups is 1. The molecule has 1 fully saturated rings. The van der Waals surface area contributed by atoms with Gasteiger partial charge in [0.25, 0.3) is 0 Å². The monoisotopic (exact) mass is 396 g/mol. The van der Waals surface area contributed by atoms with Crippen molar-refractivity contribution in [2.24, 2.45) is 0 Å². The lowest BCUT2D eigenvalue weighted by molar-refractivity contribution is 0.0520. The highest BCUT2D eigenvalue weighted by atomic mass is 16.6. The zero-order chi connectivity index (χ0) is 20.9. The first kappa shape index (κ1) is 21.2. The number of carbonyl (C=O) groups excluding carboxylic acids is 1. The Morgan fingerprint density at radius 3 is 2.45 bits per heavy atom. The van der Waals surface area contributed by atoms with E-state index in [-0.39, 0.29) is 0 Å². The van der Waals surface area contributed by atoms with Crippen LogP contribution in [0.25, 0.3) is 11.1 Å². The molecule has 0 bridgehead atoms. The fourth-order valence-corrected chi connectivity index (χ4v) is 2.94. The van der Waals surface area contributed by atoms with Crippen LogP contribution in [0.4, 0.5) is 4.79 Å². The number of hydrogen-bond donors (Lipinski definition) is 2. The Balaban J connectivity index is 1.63. The Hall–Kier alpha value is -2.53. The highest BCUT2D eigenvalue weighted by molar-refractivity contribution is 5.68. The van der Waals surface area contributed by atoms with Gasteiger partial charge in [-0.2, -0.15) is 0 Å². The highest BCUT2D eigenvalue weighted by Gasteiger charge is 2.20. The highest BCUT2D eigenvalue weighted by Crippen LogP contribution is 2.27. The molecule has 0 atom stereocenters. The van der Waals surface area contributed by atoms with E-state index in [1.165, 1.54) is 29.5 Å². The Bertz CT molecular complexity index is 821. The molecule has 5 heteroatoms. The summed E-state index contributed by atoms with van der Waals surface area (Å²) in [4.78, 5) is 11.7. The molecule has 0 aliphatic heterocycles. The molecule has 29 heavy (non-hydrogen) atoms. The van der Waals surface area contributed by atoms with Gasteiger partial charge in [-0.05, 0) is 75.4 Å². The molecule has 0 aromatic heterocycles. The summed E-state index contributed by atoms with van der Waals surface area (Å²) in [6.07, 6.45) is 2.10. The van der Waals surface area contributed by atoms with E-state index >= 15 is 0 Å². The third-order valence-corrected chi connectivity index (χ3v) is 4.56. The van der Waals surface area contributed by atoms with Gasteiger partial charge < -0.3 is 20.1 Å². The minimum absolute atomic E-state index is 0.381. The number of hydrogen-bond acceptors (Lipinski definition) is 4. The smallest absolute Gasteiger partial charge is 0.407 e. The number of alkyl carbamates (subject to hydrolysis) is 1. The lowest BCUT2D eigenvalue weighted by atomic mass is 10.0. The largest absolute Gasteiger partial charge is 0.492 e. The summed E-state index contributed by atoms with van der Waals surface area (Å²) in [5.41, 5.74) is 4.24. The van der Waals surface area contributed by atoms with Gasteiger partial charge in [0.1, 0.15) is 18.0 Å². The van der Waals surface area contributed by atoms with Gasteiger partial charge in [0.2, 0.25) is 0 Å². The number of aryl methyl sites for hydroxylation is 1. The zero-order valence-corrected chi connectivity index (χ0v) is 17.9. The van der Waals surface area contributed by atoms with E-state index in [1.54, 1.807) is 0 Å². The van der Waals surface area contributed by atoms with Gasteiger partial charge in [-0.25, -0.2) is 4.79 Å². The maximum Gasteiger partial charge on any atom is 0.407 e. The third-order valence-electron chi connectivity index (χ3n) is 4.56. The number of amides is 1. The summed E-state index contributed by atoms with van der Waals surface area (Å²) in [5, 5.41) is 6.29. The second-order valence-electron chi connectivity index (χ2n) is 8.66. The van der Waals surface area contributed by atoms with E-state index in [0.29, 0.717) is 19.2 Å². The predicted molar refractivity (Wildman–Crippen MR) is 116 cm³/mol. The molecule has 0 radical (unpaired) electrons. The molecule has 0 spiro atoms. The van der Waals surface area contributed by atoms with Crippen LogP contribution in [0, 0.1) is 6.92 Å². The molecule has 2 aromatic carbocycles. The number of ether oxygens (including phenoxy) is 2. The van der Waals surface area contributed by atoms with Crippen LogP contribution in [-0.4, -0.2) is 30.9 Å². The van der Waals surface area contributed by atoms with Crippen molar-refractivity contribution in [1.82, 2.24) is 10.6 Å². The van der Waals surface area contributed by atoms with Crippen LogP contribution < -0.4 is 15.4 Å². The molecule has 5 nitrogen and oxygen atoms in total. The van der Waals surface area contributed by atoms with Gasteiger partial charge in [0.15, 0.2) is 0 Å². The summed E-state index contributed by atoms with van der Waals surface area (Å²) >= 11 is 0. The van der Waals surface area contributed by atoms with E-state index < -0.39 is 11.7 Å². The van der Waals surface area contributed by atoms with Crippen molar-refractivity contribution in [1.29, 1.82) is 0 Å². The van der Waals surface area contributed by atoms with Crippen molar-refractivity contribution < 1.29 is 14.3 Å². The summed E-state index contributed by atoms with van der Waals surface area (Å²) in [7, 11) is 0. The first-order valence-corrected chi connectivity index (χ1v) is 10.3. The fourth-order valence-electron chi connectivity index (χ4n) is 2.94. The van der Waals surface area contributed by atoms with Gasteiger partial charge >= 0.3 is 6.09 Å². The topological polar surface area (TPSA) is 59.6 Å². The van der Waals surface area contributed by atoms with Crippen molar-refractivity contribution in [3.05, 3.63) is 53.6 Å². The third kappa shape index (κ3) is 7.42. The number of nitrogens with one attached hydrogen (secondary N) is 2. The normalized spacial score (nSPS) is 13.8. The molecule has 2 N–H and O–H groups in total. The van der Waals surface area contributed by atoms with E-state index in [1.807, 2.05) is 20.8 Å². The summed E-state index contributed by atoms with van der Waals surface area (Å²) in [6, 6.07) is 15.5. The average Bonchev–Trinajstić information content (AvgIpc) is 3.47. The van der Waals surface area contributed by atoms with Crippen molar-refractivity contribution in [3.8, 4) is 16.9 Å². The van der Waals surface area contributed by atoms with Gasteiger partial charge in [-0.15, -0.1) is 0 Å². The second-order valence-corrected chi connectivity index (χ2v) is 8.66. The number of benzene rings is 2. The van der Waals surface area contributed by atoms with E-state index in [9.17, 15) is 4.79 Å². The SMILES string of the molecule is Cc1ccc(-c2cc(CNC3CC3)cc(OCCNC(=O)OC(C)(C)C)c2)cc1. The molecule has 1 aliphatic rings. The Labute approximate surface area is 173 Å². The van der Waals surface area contributed by atoms with Crippen molar-refractivity contribution in [2.75, 3.05) is 13.2 Å². The molecular formula is C24H32N2O3. The lowest BCUT2D eigenvalue weighted by Crippen LogP contribution is -2.34. The zero-order valence-electron chi connectivity index (χ0n) is 17.9. The first-order valence-electron chi connectivity index (χ1n) is 10.3. The average molecular weight is 397 g/mol. The molecule has 0 saturated heterocycles. The second kappa shape index (κ2) is 9.31. The molecule has 0 heterocycles. The van der Waals surface area contributed by atoms with Gasteiger partial charge in [0.05, 0.1) is 6.54 Å². The van der Waals surface area contributed by atoms with Crippen LogP contribution in [0.15, 0.2) is 42.5 Å². The molecular weight excluding hydrogens is 364 g/mol. The van der Waals surface area contributed by atoms with Gasteiger partial charge in [0, 0.05) is 12.6 Å². The van der Waals surface area contributed by atoms with Crippen LogP contribution in [0.3, 0.4) is 0 Å². The Morgan fingerprint density at radius 1 is 1.07 bits per heavy atom. The quantitative estimate of drug-likeness (QED) is 0.628. The van der Waals surface area contributed by atoms with Crippen LogP contribution in [-0.2, 0) is 11.3 Å². The molecule has 3 rings (SSSR count). The van der Waals surface area contributed by atoms with Crippen molar-refractivity contribution in [2.45, 2.75) is 58.7 Å². The molecule has 156 valence electrons. The predicted octanol–water partition coefficient (Wildman–Crippen LogP) is 4.82. The van der Waals surface area contributed by atoms with Crippen LogP contribution in [0.2, 0.25) is 0 Å². The summed E-state index contributed by atoms with van der Waals surface area (Å²) in [5.74, 6) is 0.807. The standard InChI is InChI=1S/C24H32N2O3/c1-17-5-7-19(8-6-17)20-13-18(16-26-21-9-10-21)14-22(15-20)28-12-11-25-23(27)29-24(2,3)4/h5-8,13-15,21,26H,9-12,16H2,1-4H3,(H,25,27). The Morgan fingerprint density at radius 2 is 1.79 bits per heavy atom. The van der Waals surface area contributed by atoms with E-state index in [2.05, 4.69) is 60.0 Å². The van der Waals surface area contributed by atoms with Crippen molar-refractivity contribution in [3.63, 3.8) is 0 Å². The Kier molecular flexibility index (Phi) is 6.80. The fraction of sp³-hybridized carbons (Fsp3) is 0.458. The van der Waals surface area contributed by atoms with E-state index in [4.69, 9.17) is 9.47 Å². The minimum atomic E-state index is -0.503. The van der Waals surface area contributed by atoms with Crippen LogP contribution in [0.1, 0.15) is 44.7 Å². The summed E-state index contributed by atoms with van der Waals surface area (Å²) in [6.45, 7) is 9.22. The van der Waals surface area contributed by atoms with E-state index in [0.717, 1.165) is 17.9 Å². The molecule has 0 unspecified atom stereocenters. The molecule has 1 amide bonds. The molecule has 1 aliphatic carbocycles. The van der Waals surface area contributed by atoms with Crippen LogP contribution >= 0.6 is 0 Å². The van der Waals surface area contributed by atoms with Crippen LogP contribution in [0.5, 0.6) is 5.75 Å². The molecule has 1 saturated carbocycles. The minimum Gasteiger partial charge on any atom is -0.492 e.